The van der Waals surface area contributed by atoms with Gasteiger partial charge in [0.1, 0.15) is 11.5 Å². The Kier molecular flexibility index (Phi) is 7.52. The molecule has 9 nitrogen and oxygen atoms in total. The van der Waals surface area contributed by atoms with Crippen LogP contribution in [0.5, 0.6) is 5.75 Å². The van der Waals surface area contributed by atoms with Crippen LogP contribution < -0.4 is 4.90 Å². The van der Waals surface area contributed by atoms with Gasteiger partial charge in [-0.1, -0.05) is 48.8 Å². The van der Waals surface area contributed by atoms with Gasteiger partial charge >= 0.3 is 0 Å². The van der Waals surface area contributed by atoms with Crippen LogP contribution in [0.4, 0.5) is 5.69 Å². The van der Waals surface area contributed by atoms with Crippen LogP contribution in [-0.2, 0) is 19.9 Å². The molecule has 0 unspecified atom stereocenters. The monoisotopic (exact) mass is 643 g/mol. The molecule has 0 atom stereocenters. The average Bonchev–Trinajstić information content (AvgIpc) is 3.29. The highest BCUT2D eigenvalue weighted by molar-refractivity contribution is 7.92. The fraction of sp³-hybridized carbons (Fsp3) is 0.387. The molecule has 3 aromatic rings. The molecule has 0 spiro atoms. The Morgan fingerprint density at radius 3 is 2.00 bits per heavy atom. The second kappa shape index (κ2) is 10.8. The average molecular weight is 644 g/mol. The minimum atomic E-state index is -3.91. The lowest BCUT2D eigenvalue weighted by atomic mass is 9.77. The van der Waals surface area contributed by atoms with Crippen molar-refractivity contribution in [2.45, 2.75) is 54.6 Å². The molecule has 3 aromatic carbocycles. The molecule has 6 rings (SSSR count). The Hall–Kier alpha value is -3.12. The van der Waals surface area contributed by atoms with Crippen LogP contribution in [0.25, 0.3) is 11.1 Å². The van der Waals surface area contributed by atoms with E-state index in [2.05, 4.69) is 19.0 Å². The number of aromatic hydroxyl groups is 1. The second-order valence-electron chi connectivity index (χ2n) is 12.3. The molecule has 2 aliphatic carbocycles. The lowest BCUT2D eigenvalue weighted by Crippen LogP contribution is -2.48. The van der Waals surface area contributed by atoms with Crippen molar-refractivity contribution in [2.75, 3.05) is 31.1 Å². The highest BCUT2D eigenvalue weighted by atomic mass is 35.5. The van der Waals surface area contributed by atoms with Gasteiger partial charge in [-0.2, -0.15) is 4.31 Å². The van der Waals surface area contributed by atoms with Crippen LogP contribution in [0, 0.1) is 5.41 Å². The number of sulfone groups is 1. The molecule has 0 amide bonds. The van der Waals surface area contributed by atoms with Gasteiger partial charge in [0.2, 0.25) is 10.0 Å². The molecule has 1 aliphatic heterocycles. The first-order chi connectivity index (χ1) is 20.3. The van der Waals surface area contributed by atoms with Gasteiger partial charge in [0, 0.05) is 37.3 Å². The molecule has 1 heterocycles. The number of oxime groups is 1. The van der Waals surface area contributed by atoms with Crippen molar-refractivity contribution in [2.24, 2.45) is 10.6 Å². The van der Waals surface area contributed by atoms with Gasteiger partial charge in [-0.15, -0.1) is 0 Å². The fourth-order valence-corrected chi connectivity index (χ4v) is 10.0. The van der Waals surface area contributed by atoms with E-state index in [-0.39, 0.29) is 39.8 Å². The van der Waals surface area contributed by atoms with E-state index < -0.39 is 25.1 Å². The van der Waals surface area contributed by atoms with Crippen LogP contribution in [0.3, 0.4) is 0 Å². The van der Waals surface area contributed by atoms with Crippen molar-refractivity contribution in [3.8, 4) is 16.9 Å². The summed E-state index contributed by atoms with van der Waals surface area (Å²) in [4.78, 5) is 2.09. The lowest BCUT2D eigenvalue weighted by molar-refractivity contribution is 0.246. The Morgan fingerprint density at radius 2 is 1.42 bits per heavy atom. The second-order valence-corrected chi connectivity index (χ2v) is 16.8. The van der Waals surface area contributed by atoms with Crippen LogP contribution in [0.2, 0.25) is 5.02 Å². The number of anilines is 1. The number of fused-ring (bicyclic) bond motifs is 3. The zero-order chi connectivity index (χ0) is 30.7. The van der Waals surface area contributed by atoms with E-state index >= 15 is 0 Å². The smallest absolute Gasteiger partial charge is 0.243 e. The van der Waals surface area contributed by atoms with Crippen molar-refractivity contribution in [1.29, 1.82) is 0 Å². The number of phenols is 1. The third-order valence-corrected chi connectivity index (χ3v) is 13.6. The molecule has 2 fully saturated rings. The molecular weight excluding hydrogens is 610 g/mol. The minimum absolute atomic E-state index is 0.0384. The maximum Gasteiger partial charge on any atom is 0.243 e. The number of phenolic OH excluding ortho intramolecular Hbond substituents is 1. The van der Waals surface area contributed by atoms with Crippen LogP contribution in [-0.4, -0.2) is 68.6 Å². The van der Waals surface area contributed by atoms with E-state index in [9.17, 15) is 27.1 Å². The number of para-hydroxylation sites is 1. The van der Waals surface area contributed by atoms with Gasteiger partial charge in [0.25, 0.3) is 0 Å². The van der Waals surface area contributed by atoms with E-state index in [1.165, 1.54) is 16.4 Å². The van der Waals surface area contributed by atoms with Crippen molar-refractivity contribution in [1.82, 2.24) is 4.31 Å². The normalized spacial score (nSPS) is 20.3. The number of sulfonamides is 1. The maximum absolute atomic E-state index is 13.7. The number of halogens is 1. The summed E-state index contributed by atoms with van der Waals surface area (Å²) in [5, 5.41) is 23.7. The summed E-state index contributed by atoms with van der Waals surface area (Å²) in [6, 6.07) is 14.4. The molecule has 0 aromatic heterocycles. The molecule has 228 valence electrons. The predicted molar refractivity (Wildman–Crippen MR) is 167 cm³/mol. The van der Waals surface area contributed by atoms with Gasteiger partial charge in [-0.05, 0) is 78.6 Å². The van der Waals surface area contributed by atoms with Crippen molar-refractivity contribution in [3.63, 3.8) is 0 Å². The minimum Gasteiger partial charge on any atom is -0.506 e. The SMILES string of the molecule is CC1(C)CCC(S(=O)(=O)c2ccc3c(c2)/C(=N\O)c2cc(S(=O)(=O)N4CCN(c5c(O)cccc5Cl)CC4)ccc2-3)CC1. The lowest BCUT2D eigenvalue weighted by Gasteiger charge is -2.36. The van der Waals surface area contributed by atoms with Crippen LogP contribution in [0.15, 0.2) is 69.5 Å². The zero-order valence-electron chi connectivity index (χ0n) is 24.0. The summed E-state index contributed by atoms with van der Waals surface area (Å²) in [5.41, 5.74) is 2.99. The van der Waals surface area contributed by atoms with Gasteiger partial charge in [0.15, 0.2) is 9.84 Å². The molecule has 12 heteroatoms. The molecule has 1 saturated heterocycles. The van der Waals surface area contributed by atoms with Gasteiger partial charge in [0.05, 0.1) is 25.8 Å². The molecule has 1 saturated carbocycles. The largest absolute Gasteiger partial charge is 0.506 e. The first-order valence-corrected chi connectivity index (χ1v) is 17.7. The summed E-state index contributed by atoms with van der Waals surface area (Å²) in [6.07, 6.45) is 2.88. The number of hydrogen-bond acceptors (Lipinski definition) is 8. The Labute approximate surface area is 257 Å². The third kappa shape index (κ3) is 5.20. The van der Waals surface area contributed by atoms with Gasteiger partial charge in [-0.3, -0.25) is 0 Å². The summed E-state index contributed by atoms with van der Waals surface area (Å²) < 4.78 is 55.9. The topological polar surface area (TPSA) is 128 Å². The standard InChI is InChI=1S/C31H34ClN3O6S2/c1-31(2)12-10-20(11-13-31)42(38,39)21-6-8-23-24-9-7-22(19-26(24)29(33-37)25(23)18-21)43(40,41)35-16-14-34(15-17-35)30-27(32)4-3-5-28(30)36/h3-9,18-20,36-37H,10-17H2,1-2H3/b33-29+. The summed E-state index contributed by atoms with van der Waals surface area (Å²) >= 11 is 6.29. The molecule has 0 bridgehead atoms. The molecule has 2 N–H and O–H groups in total. The van der Waals surface area contributed by atoms with E-state index in [4.69, 9.17) is 11.6 Å². The van der Waals surface area contributed by atoms with Crippen molar-refractivity contribution in [3.05, 3.63) is 70.7 Å². The highest BCUT2D eigenvalue weighted by Crippen LogP contribution is 2.43. The molecule has 0 radical (unpaired) electrons. The number of rotatable bonds is 5. The Morgan fingerprint density at radius 1 is 0.837 bits per heavy atom. The van der Waals surface area contributed by atoms with Crippen molar-refractivity contribution >= 4 is 42.9 Å². The van der Waals surface area contributed by atoms with Gasteiger partial charge in [-0.25, -0.2) is 16.8 Å². The Bertz CT molecular complexity index is 1820. The van der Waals surface area contributed by atoms with Crippen LogP contribution in [0.1, 0.15) is 50.7 Å². The first kappa shape index (κ1) is 29.9. The van der Waals surface area contributed by atoms with Crippen LogP contribution >= 0.6 is 11.6 Å². The third-order valence-electron chi connectivity index (χ3n) is 9.09. The van der Waals surface area contributed by atoms with E-state index in [1.807, 2.05) is 4.90 Å². The quantitative estimate of drug-likeness (QED) is 0.217. The summed E-state index contributed by atoms with van der Waals surface area (Å²) in [5.74, 6) is 0.0384. The number of piperazine rings is 1. The Balaban J connectivity index is 1.25. The number of benzene rings is 3. The predicted octanol–water partition coefficient (Wildman–Crippen LogP) is 5.51. The first-order valence-electron chi connectivity index (χ1n) is 14.3. The summed E-state index contributed by atoms with van der Waals surface area (Å²) in [7, 11) is -7.50. The fourth-order valence-electron chi connectivity index (χ4n) is 6.49. The van der Waals surface area contributed by atoms with E-state index in [1.54, 1.807) is 42.5 Å². The molecular formula is C31H34ClN3O6S2. The molecule has 3 aliphatic rings. The van der Waals surface area contributed by atoms with E-state index in [0.29, 0.717) is 58.9 Å². The zero-order valence-corrected chi connectivity index (χ0v) is 26.4. The van der Waals surface area contributed by atoms with E-state index in [0.717, 1.165) is 12.8 Å². The molecule has 43 heavy (non-hydrogen) atoms. The maximum atomic E-state index is 13.7. The highest BCUT2D eigenvalue weighted by Gasteiger charge is 2.37. The summed E-state index contributed by atoms with van der Waals surface area (Å²) in [6.45, 7) is 5.37. The van der Waals surface area contributed by atoms with Gasteiger partial charge < -0.3 is 15.2 Å². The van der Waals surface area contributed by atoms with Crippen molar-refractivity contribution < 1.29 is 27.1 Å². The number of hydrogen-bond donors (Lipinski definition) is 2. The number of nitrogens with zero attached hydrogens (tertiary/aromatic N) is 3.